The van der Waals surface area contributed by atoms with Gasteiger partial charge in [-0.2, -0.15) is 0 Å². The monoisotopic (exact) mass is 322 g/mol. The van der Waals surface area contributed by atoms with Gasteiger partial charge in [-0.1, -0.05) is 12.1 Å². The van der Waals surface area contributed by atoms with E-state index < -0.39 is 0 Å². The third-order valence-corrected chi connectivity index (χ3v) is 3.87. The third kappa shape index (κ3) is 3.30. The average Bonchev–Trinajstić information content (AvgIpc) is 2.59. The lowest BCUT2D eigenvalue weighted by atomic mass is 10.1. The summed E-state index contributed by atoms with van der Waals surface area (Å²) < 4.78 is 5.07. The number of aryl methyl sites for hydroxylation is 1. The van der Waals surface area contributed by atoms with Gasteiger partial charge in [-0.25, -0.2) is 0 Å². The van der Waals surface area contributed by atoms with Crippen LogP contribution in [0.3, 0.4) is 0 Å². The molecular weight excluding hydrogens is 304 g/mol. The highest BCUT2D eigenvalue weighted by Crippen LogP contribution is 2.14. The van der Waals surface area contributed by atoms with Crippen LogP contribution in [0.4, 0.5) is 0 Å². The second-order valence-corrected chi connectivity index (χ2v) is 5.63. The molecule has 0 unspecified atom stereocenters. The summed E-state index contributed by atoms with van der Waals surface area (Å²) >= 11 is 0. The standard InChI is InChI=1S/C19H18N2O3/c1-12-3-4-14-10-15(19(23)21-17(14)9-12)11-20-18(22)13-5-7-16(24-2)8-6-13/h3-10H,11H2,1-2H3,(H,20,22)(H,21,23). The van der Waals surface area contributed by atoms with Crippen molar-refractivity contribution in [2.75, 3.05) is 7.11 Å². The molecule has 1 amide bonds. The summed E-state index contributed by atoms with van der Waals surface area (Å²) in [6.07, 6.45) is 0. The van der Waals surface area contributed by atoms with Crippen LogP contribution in [0.25, 0.3) is 10.9 Å². The highest BCUT2D eigenvalue weighted by atomic mass is 16.5. The van der Waals surface area contributed by atoms with Crippen molar-refractivity contribution in [2.24, 2.45) is 0 Å². The summed E-state index contributed by atoms with van der Waals surface area (Å²) in [5.74, 6) is 0.453. The van der Waals surface area contributed by atoms with E-state index in [0.717, 1.165) is 16.5 Å². The van der Waals surface area contributed by atoms with Gasteiger partial charge in [0.15, 0.2) is 0 Å². The van der Waals surface area contributed by atoms with Crippen LogP contribution in [0.15, 0.2) is 53.3 Å². The number of aromatic nitrogens is 1. The zero-order valence-corrected chi connectivity index (χ0v) is 13.6. The molecule has 5 nitrogen and oxygen atoms in total. The molecule has 0 radical (unpaired) electrons. The molecular formula is C19H18N2O3. The Balaban J connectivity index is 1.77. The molecule has 0 saturated heterocycles. The maximum absolute atomic E-state index is 12.2. The van der Waals surface area contributed by atoms with E-state index in [2.05, 4.69) is 10.3 Å². The molecule has 0 aliphatic carbocycles. The van der Waals surface area contributed by atoms with Crippen molar-refractivity contribution in [2.45, 2.75) is 13.5 Å². The molecule has 0 aliphatic rings. The average molecular weight is 322 g/mol. The number of hydrogen-bond acceptors (Lipinski definition) is 3. The number of amides is 1. The van der Waals surface area contributed by atoms with Crippen LogP contribution in [0.2, 0.25) is 0 Å². The summed E-state index contributed by atoms with van der Waals surface area (Å²) in [5, 5.41) is 3.71. The number of rotatable bonds is 4. The molecule has 122 valence electrons. The molecule has 5 heteroatoms. The molecule has 0 spiro atoms. The second-order valence-electron chi connectivity index (χ2n) is 5.63. The van der Waals surface area contributed by atoms with Gasteiger partial charge in [0.1, 0.15) is 5.75 Å². The fourth-order valence-corrected chi connectivity index (χ4v) is 2.51. The van der Waals surface area contributed by atoms with Crippen LogP contribution in [-0.2, 0) is 6.54 Å². The van der Waals surface area contributed by atoms with Crippen molar-refractivity contribution < 1.29 is 9.53 Å². The van der Waals surface area contributed by atoms with E-state index in [0.29, 0.717) is 16.9 Å². The van der Waals surface area contributed by atoms with Crippen LogP contribution >= 0.6 is 0 Å². The van der Waals surface area contributed by atoms with Gasteiger partial charge in [-0.05, 0) is 54.3 Å². The lowest BCUT2D eigenvalue weighted by molar-refractivity contribution is 0.0951. The van der Waals surface area contributed by atoms with Crippen molar-refractivity contribution in [1.82, 2.24) is 10.3 Å². The molecule has 0 aliphatic heterocycles. The molecule has 2 aromatic carbocycles. The first kappa shape index (κ1) is 15.8. The number of ether oxygens (including phenoxy) is 1. The van der Waals surface area contributed by atoms with Gasteiger partial charge in [-0.15, -0.1) is 0 Å². The van der Waals surface area contributed by atoms with Crippen LogP contribution in [0.5, 0.6) is 5.75 Å². The van der Waals surface area contributed by atoms with E-state index in [9.17, 15) is 9.59 Å². The lowest BCUT2D eigenvalue weighted by Gasteiger charge is -2.07. The van der Waals surface area contributed by atoms with Gasteiger partial charge < -0.3 is 15.0 Å². The van der Waals surface area contributed by atoms with Crippen molar-refractivity contribution in [3.05, 3.63) is 75.6 Å². The summed E-state index contributed by atoms with van der Waals surface area (Å²) in [4.78, 5) is 27.2. The molecule has 2 N–H and O–H groups in total. The maximum Gasteiger partial charge on any atom is 0.253 e. The molecule has 3 rings (SSSR count). The molecule has 1 heterocycles. The SMILES string of the molecule is COc1ccc(C(=O)NCc2cc3ccc(C)cc3[nH]c2=O)cc1. The number of H-pyrrole nitrogens is 1. The largest absolute Gasteiger partial charge is 0.497 e. The predicted octanol–water partition coefficient (Wildman–Crippen LogP) is 2.78. The van der Waals surface area contributed by atoms with Crippen molar-refractivity contribution in [1.29, 1.82) is 0 Å². The number of fused-ring (bicyclic) bond motifs is 1. The van der Waals surface area contributed by atoms with E-state index in [1.807, 2.05) is 31.2 Å². The molecule has 1 aromatic heterocycles. The zero-order valence-electron chi connectivity index (χ0n) is 13.6. The quantitative estimate of drug-likeness (QED) is 0.776. The predicted molar refractivity (Wildman–Crippen MR) is 93.5 cm³/mol. The van der Waals surface area contributed by atoms with E-state index in [4.69, 9.17) is 4.74 Å². The van der Waals surface area contributed by atoms with Crippen molar-refractivity contribution in [3.8, 4) is 5.75 Å². The van der Waals surface area contributed by atoms with Gasteiger partial charge in [0, 0.05) is 23.2 Å². The fraction of sp³-hybridized carbons (Fsp3) is 0.158. The number of nitrogens with one attached hydrogen (secondary N) is 2. The number of hydrogen-bond donors (Lipinski definition) is 2. The van der Waals surface area contributed by atoms with Gasteiger partial charge in [0.2, 0.25) is 0 Å². The molecule has 0 bridgehead atoms. The molecule has 0 saturated carbocycles. The minimum Gasteiger partial charge on any atom is -0.497 e. The number of methoxy groups -OCH3 is 1. The van der Waals surface area contributed by atoms with Crippen LogP contribution in [0.1, 0.15) is 21.5 Å². The highest BCUT2D eigenvalue weighted by molar-refractivity contribution is 5.94. The van der Waals surface area contributed by atoms with E-state index >= 15 is 0 Å². The number of benzene rings is 2. The first-order valence-electron chi connectivity index (χ1n) is 7.61. The number of pyridine rings is 1. The lowest BCUT2D eigenvalue weighted by Crippen LogP contribution is -2.26. The Hall–Kier alpha value is -3.08. The Morgan fingerprint density at radius 3 is 2.58 bits per heavy atom. The smallest absolute Gasteiger partial charge is 0.253 e. The minimum absolute atomic E-state index is 0.171. The highest BCUT2D eigenvalue weighted by Gasteiger charge is 2.08. The number of carbonyl (C=O) groups is 1. The van der Waals surface area contributed by atoms with Gasteiger partial charge >= 0.3 is 0 Å². The van der Waals surface area contributed by atoms with Gasteiger partial charge in [0.25, 0.3) is 11.5 Å². The summed E-state index contributed by atoms with van der Waals surface area (Å²) in [6.45, 7) is 2.14. The van der Waals surface area contributed by atoms with Gasteiger partial charge in [-0.3, -0.25) is 9.59 Å². The van der Waals surface area contributed by atoms with Crippen molar-refractivity contribution in [3.63, 3.8) is 0 Å². The number of carbonyl (C=O) groups excluding carboxylic acids is 1. The van der Waals surface area contributed by atoms with Crippen LogP contribution < -0.4 is 15.6 Å². The fourth-order valence-electron chi connectivity index (χ4n) is 2.51. The normalized spacial score (nSPS) is 10.6. The molecule has 0 fully saturated rings. The number of aromatic amines is 1. The Morgan fingerprint density at radius 1 is 1.12 bits per heavy atom. The third-order valence-electron chi connectivity index (χ3n) is 3.87. The molecule has 3 aromatic rings. The minimum atomic E-state index is -0.235. The van der Waals surface area contributed by atoms with Crippen LogP contribution in [-0.4, -0.2) is 18.0 Å². The Bertz CT molecular complexity index is 943. The van der Waals surface area contributed by atoms with Crippen LogP contribution in [0, 0.1) is 6.92 Å². The van der Waals surface area contributed by atoms with E-state index in [1.165, 1.54) is 0 Å². The Morgan fingerprint density at radius 2 is 1.88 bits per heavy atom. The summed E-state index contributed by atoms with van der Waals surface area (Å²) in [7, 11) is 1.57. The first-order valence-corrected chi connectivity index (χ1v) is 7.61. The van der Waals surface area contributed by atoms with E-state index in [1.54, 1.807) is 31.4 Å². The molecule has 24 heavy (non-hydrogen) atoms. The molecule has 0 atom stereocenters. The topological polar surface area (TPSA) is 71.2 Å². The summed E-state index contributed by atoms with van der Waals surface area (Å²) in [6, 6.07) is 14.5. The zero-order chi connectivity index (χ0) is 17.1. The Kier molecular flexibility index (Phi) is 4.33. The van der Waals surface area contributed by atoms with Crippen molar-refractivity contribution >= 4 is 16.8 Å². The summed E-state index contributed by atoms with van der Waals surface area (Å²) in [5.41, 5.74) is 2.73. The second kappa shape index (κ2) is 6.58. The maximum atomic E-state index is 12.2. The van der Waals surface area contributed by atoms with E-state index in [-0.39, 0.29) is 18.0 Å². The van der Waals surface area contributed by atoms with Gasteiger partial charge in [0.05, 0.1) is 7.11 Å². The Labute approximate surface area is 139 Å². The first-order chi connectivity index (χ1) is 11.6.